The smallest absolute Gasteiger partial charge is 0.0453 e. The Labute approximate surface area is 98.2 Å². The lowest BCUT2D eigenvalue weighted by Gasteiger charge is -2.05. The monoisotopic (exact) mass is 213 g/mol. The highest BCUT2D eigenvalue weighted by molar-refractivity contribution is 5.73. The molecule has 0 aromatic carbocycles. The largest absolute Gasteiger partial charge is 0.258 e. The van der Waals surface area contributed by atoms with E-state index in [1.807, 2.05) is 32.9 Å². The lowest BCUT2D eigenvalue weighted by atomic mass is 10.0. The fraction of sp³-hybridized carbons (Fsp3) is 0.267. The van der Waals surface area contributed by atoms with Gasteiger partial charge < -0.3 is 0 Å². The van der Waals surface area contributed by atoms with Crippen LogP contribution in [0.15, 0.2) is 42.5 Å². The molecule has 84 valence electrons. The summed E-state index contributed by atoms with van der Waals surface area (Å²) in [5.74, 6) is 0. The highest BCUT2D eigenvalue weighted by Crippen LogP contribution is 2.17. The van der Waals surface area contributed by atoms with Gasteiger partial charge in [0.15, 0.2) is 0 Å². The van der Waals surface area contributed by atoms with E-state index in [4.69, 9.17) is 0 Å². The van der Waals surface area contributed by atoms with Crippen molar-refractivity contribution in [1.82, 2.24) is 4.98 Å². The Hall–Kier alpha value is -1.63. The molecule has 1 aromatic heterocycles. The lowest BCUT2D eigenvalue weighted by Crippen LogP contribution is -1.91. The van der Waals surface area contributed by atoms with Crippen LogP contribution in [0.3, 0.4) is 0 Å². The molecule has 0 spiro atoms. The molecule has 0 amide bonds. The third-order valence-corrected chi connectivity index (χ3v) is 2.57. The first-order valence-electron chi connectivity index (χ1n) is 5.49. The van der Waals surface area contributed by atoms with Gasteiger partial charge in [-0.25, -0.2) is 0 Å². The summed E-state index contributed by atoms with van der Waals surface area (Å²) in [5, 5.41) is 0. The van der Waals surface area contributed by atoms with Crippen LogP contribution in [0.5, 0.6) is 0 Å². The van der Waals surface area contributed by atoms with Gasteiger partial charge in [0.25, 0.3) is 0 Å². The first kappa shape index (κ1) is 12.4. The van der Waals surface area contributed by atoms with Crippen LogP contribution in [-0.4, -0.2) is 4.98 Å². The minimum Gasteiger partial charge on any atom is -0.258 e. The molecule has 0 atom stereocenters. The Morgan fingerprint density at radius 2 is 1.94 bits per heavy atom. The van der Waals surface area contributed by atoms with E-state index < -0.39 is 0 Å². The van der Waals surface area contributed by atoms with Gasteiger partial charge >= 0.3 is 0 Å². The number of allylic oxidation sites excluding steroid dienone is 5. The zero-order chi connectivity index (χ0) is 12.1. The summed E-state index contributed by atoms with van der Waals surface area (Å²) < 4.78 is 0. The van der Waals surface area contributed by atoms with Crippen LogP contribution in [0.4, 0.5) is 0 Å². The summed E-state index contributed by atoms with van der Waals surface area (Å²) in [5.41, 5.74) is 5.44. The van der Waals surface area contributed by atoms with Gasteiger partial charge in [0.1, 0.15) is 0 Å². The van der Waals surface area contributed by atoms with Crippen molar-refractivity contribution in [2.24, 2.45) is 0 Å². The second-order valence-electron chi connectivity index (χ2n) is 3.98. The summed E-state index contributed by atoms with van der Waals surface area (Å²) in [6.07, 6.45) is 6.18. The molecule has 0 aliphatic rings. The van der Waals surface area contributed by atoms with Gasteiger partial charge in [-0.05, 0) is 39.3 Å². The molecule has 1 aromatic rings. The van der Waals surface area contributed by atoms with E-state index in [0.29, 0.717) is 0 Å². The topological polar surface area (TPSA) is 12.9 Å². The van der Waals surface area contributed by atoms with Gasteiger partial charge in [0.05, 0.1) is 0 Å². The third-order valence-electron chi connectivity index (χ3n) is 2.57. The average Bonchev–Trinajstić information content (AvgIpc) is 2.25. The van der Waals surface area contributed by atoms with Crippen molar-refractivity contribution in [3.8, 4) is 0 Å². The molecule has 0 N–H and O–H groups in total. The average molecular weight is 213 g/mol. The van der Waals surface area contributed by atoms with Crippen LogP contribution in [0.2, 0.25) is 0 Å². The second kappa shape index (κ2) is 5.45. The van der Waals surface area contributed by atoms with E-state index in [9.17, 15) is 0 Å². The van der Waals surface area contributed by atoms with E-state index >= 15 is 0 Å². The number of nitrogens with zero attached hydrogens (tertiary/aromatic N) is 1. The normalized spacial score (nSPS) is 12.1. The summed E-state index contributed by atoms with van der Waals surface area (Å²) in [6.45, 7) is 12.2. The van der Waals surface area contributed by atoms with Gasteiger partial charge in [0.2, 0.25) is 0 Å². The molecule has 16 heavy (non-hydrogen) atoms. The van der Waals surface area contributed by atoms with Crippen LogP contribution in [0.1, 0.15) is 30.8 Å². The third kappa shape index (κ3) is 3.20. The van der Waals surface area contributed by atoms with Gasteiger partial charge in [-0.2, -0.15) is 0 Å². The Morgan fingerprint density at radius 3 is 2.50 bits per heavy atom. The van der Waals surface area contributed by atoms with Crippen LogP contribution >= 0.6 is 0 Å². The molecule has 0 aliphatic heterocycles. The molecule has 0 saturated carbocycles. The number of aryl methyl sites for hydroxylation is 2. The van der Waals surface area contributed by atoms with Gasteiger partial charge in [-0.3, -0.25) is 4.98 Å². The standard InChI is InChI=1S/C15H19N/c1-6-11(2)7-8-12(3)15-10-9-13(4)16-14(15)5/h6-10H,3H2,1-2,4-5H3/b8-7-,11-6-. The molecule has 1 heterocycles. The van der Waals surface area contributed by atoms with Crippen molar-refractivity contribution in [2.45, 2.75) is 27.7 Å². The van der Waals surface area contributed by atoms with Crippen molar-refractivity contribution < 1.29 is 0 Å². The molecule has 1 nitrogen and oxygen atoms in total. The van der Waals surface area contributed by atoms with Crippen LogP contribution < -0.4 is 0 Å². The molecule has 1 rings (SSSR count). The maximum absolute atomic E-state index is 4.43. The van der Waals surface area contributed by atoms with Crippen LogP contribution in [0.25, 0.3) is 5.57 Å². The molecule has 0 radical (unpaired) electrons. The summed E-state index contributed by atoms with van der Waals surface area (Å²) in [6, 6.07) is 4.10. The summed E-state index contributed by atoms with van der Waals surface area (Å²) in [7, 11) is 0. The van der Waals surface area contributed by atoms with Crippen molar-refractivity contribution in [2.75, 3.05) is 0 Å². The minimum atomic E-state index is 1.01. The Balaban J connectivity index is 2.93. The number of aromatic nitrogens is 1. The van der Waals surface area contributed by atoms with Gasteiger partial charge in [-0.1, -0.05) is 36.4 Å². The zero-order valence-corrected chi connectivity index (χ0v) is 10.5. The van der Waals surface area contributed by atoms with Crippen molar-refractivity contribution in [3.05, 3.63) is 59.5 Å². The molecular formula is C15H19N. The SMILES string of the molecule is C=C(/C=C\C(C)=C/C)c1ccc(C)nc1C. The fourth-order valence-electron chi connectivity index (χ4n) is 1.44. The maximum Gasteiger partial charge on any atom is 0.0453 e. The van der Waals surface area contributed by atoms with E-state index in [-0.39, 0.29) is 0 Å². The first-order chi connectivity index (χ1) is 7.54. The molecule has 0 bridgehead atoms. The minimum absolute atomic E-state index is 1.01. The molecule has 0 aliphatic carbocycles. The molecule has 0 unspecified atom stereocenters. The maximum atomic E-state index is 4.43. The number of hydrogen-bond donors (Lipinski definition) is 0. The molecule has 0 saturated heterocycles. The Morgan fingerprint density at radius 1 is 1.25 bits per heavy atom. The van der Waals surface area contributed by atoms with E-state index in [2.05, 4.69) is 36.7 Å². The van der Waals surface area contributed by atoms with Crippen LogP contribution in [-0.2, 0) is 0 Å². The van der Waals surface area contributed by atoms with E-state index in [1.54, 1.807) is 0 Å². The second-order valence-corrected chi connectivity index (χ2v) is 3.98. The molecule has 0 fully saturated rings. The number of pyridine rings is 1. The summed E-state index contributed by atoms with van der Waals surface area (Å²) >= 11 is 0. The van der Waals surface area contributed by atoms with Crippen molar-refractivity contribution in [1.29, 1.82) is 0 Å². The zero-order valence-electron chi connectivity index (χ0n) is 10.5. The highest BCUT2D eigenvalue weighted by atomic mass is 14.7. The van der Waals surface area contributed by atoms with E-state index in [1.165, 1.54) is 5.57 Å². The van der Waals surface area contributed by atoms with Gasteiger partial charge in [-0.15, -0.1) is 0 Å². The Bertz CT molecular complexity index is 451. The first-order valence-corrected chi connectivity index (χ1v) is 5.49. The predicted molar refractivity (Wildman–Crippen MR) is 71.3 cm³/mol. The highest BCUT2D eigenvalue weighted by Gasteiger charge is 2.01. The summed E-state index contributed by atoms with van der Waals surface area (Å²) in [4.78, 5) is 4.43. The molecular weight excluding hydrogens is 194 g/mol. The fourth-order valence-corrected chi connectivity index (χ4v) is 1.44. The Kier molecular flexibility index (Phi) is 4.24. The lowest BCUT2D eigenvalue weighted by molar-refractivity contribution is 1.11. The van der Waals surface area contributed by atoms with Crippen molar-refractivity contribution >= 4 is 5.57 Å². The number of rotatable bonds is 3. The number of hydrogen-bond acceptors (Lipinski definition) is 1. The quantitative estimate of drug-likeness (QED) is 0.684. The van der Waals surface area contributed by atoms with Crippen molar-refractivity contribution in [3.63, 3.8) is 0 Å². The van der Waals surface area contributed by atoms with Gasteiger partial charge in [0, 0.05) is 17.0 Å². The van der Waals surface area contributed by atoms with Crippen LogP contribution in [0, 0.1) is 13.8 Å². The molecule has 1 heteroatoms. The van der Waals surface area contributed by atoms with E-state index in [0.717, 1.165) is 22.5 Å². The predicted octanol–water partition coefficient (Wildman–Crippen LogP) is 4.23.